The van der Waals surface area contributed by atoms with Crippen molar-refractivity contribution in [3.8, 4) is 11.6 Å². The second kappa shape index (κ2) is 10.6. The first-order valence-corrected chi connectivity index (χ1v) is 10.4. The summed E-state index contributed by atoms with van der Waals surface area (Å²) in [6, 6.07) is 6.91. The summed E-state index contributed by atoms with van der Waals surface area (Å²) in [6.07, 6.45) is -2.90. The second-order valence-electron chi connectivity index (χ2n) is 5.12. The van der Waals surface area contributed by atoms with E-state index in [1.165, 1.54) is 35.7 Å². The SMILES string of the molecule is C=N/N=C(/SC)SCNC(=O)COc1cc(C(F)(F)F)nn1-c1ccccc1Cl. The van der Waals surface area contributed by atoms with Gasteiger partial charge in [0.25, 0.3) is 5.91 Å². The molecule has 0 aliphatic carbocycles. The number of carbonyl (C=O) groups is 1. The standard InChI is InChI=1S/C16H15ClF3N5O2S2/c1-21-23-15(28-2)29-9-22-13(26)8-27-14-7-12(16(18,19)20)24-25(14)11-6-4-3-5-10(11)17/h3-7H,1,8-9H2,2H3,(H,22,26)/b23-15-. The fraction of sp³-hybridized carbons (Fsp3) is 0.250. The number of halogens is 4. The average Bonchev–Trinajstić information content (AvgIpc) is 3.10. The molecule has 1 heterocycles. The van der Waals surface area contributed by atoms with Gasteiger partial charge >= 0.3 is 6.18 Å². The van der Waals surface area contributed by atoms with Gasteiger partial charge in [-0.15, -0.1) is 16.9 Å². The number of hydrogen-bond acceptors (Lipinski definition) is 7. The lowest BCUT2D eigenvalue weighted by molar-refractivity contribution is -0.141. The smallest absolute Gasteiger partial charge is 0.435 e. The number of nitrogens with one attached hydrogen (secondary N) is 1. The van der Waals surface area contributed by atoms with E-state index in [2.05, 4.69) is 27.3 Å². The first-order chi connectivity index (χ1) is 13.8. The van der Waals surface area contributed by atoms with E-state index in [1.807, 2.05) is 0 Å². The number of aromatic nitrogens is 2. The molecule has 2 rings (SSSR count). The Labute approximate surface area is 177 Å². The van der Waals surface area contributed by atoms with Crippen LogP contribution in [-0.2, 0) is 11.0 Å². The molecule has 0 fully saturated rings. The zero-order valence-electron chi connectivity index (χ0n) is 14.9. The molecule has 2 aromatic rings. The van der Waals surface area contributed by atoms with E-state index < -0.39 is 24.4 Å². The van der Waals surface area contributed by atoms with Crippen molar-refractivity contribution in [1.29, 1.82) is 0 Å². The van der Waals surface area contributed by atoms with E-state index in [9.17, 15) is 18.0 Å². The molecule has 156 valence electrons. The third-order valence-electron chi connectivity index (χ3n) is 3.19. The molecule has 0 radical (unpaired) electrons. The van der Waals surface area contributed by atoms with Crippen LogP contribution in [0.3, 0.4) is 0 Å². The number of hydrogen-bond donors (Lipinski definition) is 1. The number of nitrogens with zero attached hydrogens (tertiary/aromatic N) is 4. The molecule has 1 aromatic carbocycles. The number of carbonyl (C=O) groups excluding carboxylic acids is 1. The minimum atomic E-state index is -4.68. The highest BCUT2D eigenvalue weighted by molar-refractivity contribution is 8.38. The predicted molar refractivity (Wildman–Crippen MR) is 110 cm³/mol. The summed E-state index contributed by atoms with van der Waals surface area (Å²) < 4.78 is 46.0. The zero-order valence-corrected chi connectivity index (χ0v) is 17.3. The number of amides is 1. The minimum absolute atomic E-state index is 0.176. The van der Waals surface area contributed by atoms with Gasteiger partial charge in [0, 0.05) is 12.8 Å². The normalized spacial score (nSPS) is 12.0. The fourth-order valence-corrected chi connectivity index (χ4v) is 3.43. The van der Waals surface area contributed by atoms with E-state index in [-0.39, 0.29) is 22.5 Å². The van der Waals surface area contributed by atoms with Gasteiger partial charge in [0.2, 0.25) is 5.88 Å². The molecule has 0 bridgehead atoms. The van der Waals surface area contributed by atoms with Crippen LogP contribution in [0.4, 0.5) is 13.2 Å². The quantitative estimate of drug-likeness (QED) is 0.288. The van der Waals surface area contributed by atoms with Crippen LogP contribution < -0.4 is 10.1 Å². The molecule has 0 saturated carbocycles. The van der Waals surface area contributed by atoms with Crippen LogP contribution >= 0.6 is 35.1 Å². The van der Waals surface area contributed by atoms with Crippen molar-refractivity contribution < 1.29 is 22.7 Å². The molecule has 29 heavy (non-hydrogen) atoms. The molecular weight excluding hydrogens is 451 g/mol. The van der Waals surface area contributed by atoms with Gasteiger partial charge in [-0.25, -0.2) is 0 Å². The molecule has 0 aliphatic rings. The highest BCUT2D eigenvalue weighted by atomic mass is 35.5. The molecule has 13 heteroatoms. The number of ether oxygens (including phenoxy) is 1. The first-order valence-electron chi connectivity index (χ1n) is 7.78. The van der Waals surface area contributed by atoms with E-state index in [0.29, 0.717) is 10.4 Å². The monoisotopic (exact) mass is 465 g/mol. The first kappa shape index (κ1) is 23.1. The van der Waals surface area contributed by atoms with Gasteiger partial charge in [0.15, 0.2) is 16.7 Å². The molecule has 0 spiro atoms. The Hall–Kier alpha value is -2.18. The molecule has 1 amide bonds. The maximum absolute atomic E-state index is 13.1. The Balaban J connectivity index is 2.09. The number of rotatable bonds is 7. The van der Waals surface area contributed by atoms with Gasteiger partial charge in [-0.3, -0.25) is 4.79 Å². The van der Waals surface area contributed by atoms with Gasteiger partial charge < -0.3 is 10.1 Å². The highest BCUT2D eigenvalue weighted by Gasteiger charge is 2.35. The lowest BCUT2D eigenvalue weighted by Crippen LogP contribution is -2.29. The zero-order chi connectivity index (χ0) is 21.4. The van der Waals surface area contributed by atoms with Crippen LogP contribution in [0.15, 0.2) is 40.5 Å². The van der Waals surface area contributed by atoms with Crippen molar-refractivity contribution in [3.63, 3.8) is 0 Å². The number of benzene rings is 1. The third-order valence-corrected chi connectivity index (χ3v) is 5.41. The van der Waals surface area contributed by atoms with Crippen LogP contribution in [0.2, 0.25) is 5.02 Å². The third kappa shape index (κ3) is 6.68. The Bertz CT molecular complexity index is 905. The van der Waals surface area contributed by atoms with Crippen molar-refractivity contribution in [2.45, 2.75) is 6.18 Å². The molecular formula is C16H15ClF3N5O2S2. The van der Waals surface area contributed by atoms with Crippen LogP contribution in [0.25, 0.3) is 5.69 Å². The van der Waals surface area contributed by atoms with Crippen LogP contribution in [-0.4, -0.2) is 45.5 Å². The van der Waals surface area contributed by atoms with Gasteiger partial charge in [0.1, 0.15) is 0 Å². The molecule has 0 atom stereocenters. The Kier molecular flexibility index (Phi) is 8.41. The summed E-state index contributed by atoms with van der Waals surface area (Å²) in [5.74, 6) is -0.630. The van der Waals surface area contributed by atoms with Crippen molar-refractivity contribution >= 4 is 52.1 Å². The van der Waals surface area contributed by atoms with Gasteiger partial charge in [-0.1, -0.05) is 35.5 Å². The van der Waals surface area contributed by atoms with E-state index in [1.54, 1.807) is 18.4 Å². The van der Waals surface area contributed by atoms with Gasteiger partial charge in [-0.05, 0) is 18.4 Å². The summed E-state index contributed by atoms with van der Waals surface area (Å²) in [5.41, 5.74) is -0.977. The summed E-state index contributed by atoms with van der Waals surface area (Å²) in [6.45, 7) is 2.73. The van der Waals surface area contributed by atoms with Crippen LogP contribution in [0.1, 0.15) is 5.69 Å². The number of alkyl halides is 3. The fourth-order valence-electron chi connectivity index (χ4n) is 1.96. The largest absolute Gasteiger partial charge is 0.467 e. The predicted octanol–water partition coefficient (Wildman–Crippen LogP) is 4.06. The molecule has 7 nitrogen and oxygen atoms in total. The van der Waals surface area contributed by atoms with Crippen LogP contribution in [0.5, 0.6) is 5.88 Å². The molecule has 0 unspecified atom stereocenters. The Morgan fingerprint density at radius 1 is 1.41 bits per heavy atom. The summed E-state index contributed by atoms with van der Waals surface area (Å²) in [5, 5.41) is 13.4. The van der Waals surface area contributed by atoms with Crippen molar-refractivity contribution in [2.75, 3.05) is 18.7 Å². The molecule has 1 aromatic heterocycles. The molecule has 1 N–H and O–H groups in total. The lowest BCUT2D eigenvalue weighted by atomic mass is 10.3. The molecule has 0 aliphatic heterocycles. The summed E-state index contributed by atoms with van der Waals surface area (Å²) in [7, 11) is 0. The van der Waals surface area contributed by atoms with E-state index >= 15 is 0 Å². The van der Waals surface area contributed by atoms with E-state index in [0.717, 1.165) is 4.68 Å². The van der Waals surface area contributed by atoms with E-state index in [4.69, 9.17) is 16.3 Å². The van der Waals surface area contributed by atoms with Crippen molar-refractivity contribution in [3.05, 3.63) is 41.0 Å². The van der Waals surface area contributed by atoms with Crippen LogP contribution in [0, 0.1) is 0 Å². The maximum atomic E-state index is 13.1. The number of thioether (sulfide) groups is 2. The maximum Gasteiger partial charge on any atom is 0.435 e. The Morgan fingerprint density at radius 2 is 2.14 bits per heavy atom. The topological polar surface area (TPSA) is 80.9 Å². The van der Waals surface area contributed by atoms with Gasteiger partial charge in [0.05, 0.1) is 16.6 Å². The molecule has 0 saturated heterocycles. The minimum Gasteiger partial charge on any atom is -0.467 e. The van der Waals surface area contributed by atoms with Crippen molar-refractivity contribution in [2.24, 2.45) is 10.2 Å². The van der Waals surface area contributed by atoms with Gasteiger partial charge in [-0.2, -0.15) is 28.1 Å². The highest BCUT2D eigenvalue weighted by Crippen LogP contribution is 2.33. The number of para-hydroxylation sites is 1. The lowest BCUT2D eigenvalue weighted by Gasteiger charge is -2.10. The summed E-state index contributed by atoms with van der Waals surface area (Å²) in [4.78, 5) is 12.0. The summed E-state index contributed by atoms with van der Waals surface area (Å²) >= 11 is 8.59. The average molecular weight is 466 g/mol. The Morgan fingerprint density at radius 3 is 2.76 bits per heavy atom. The second-order valence-corrected chi connectivity index (χ2v) is 7.54. The van der Waals surface area contributed by atoms with Crippen molar-refractivity contribution in [1.82, 2.24) is 15.1 Å².